The number of nitrogens with zero attached hydrogens (tertiary/aromatic N) is 6. The second-order valence-corrected chi connectivity index (χ2v) is 6.68. The van der Waals surface area contributed by atoms with Crippen molar-refractivity contribution in [2.45, 2.75) is 13.0 Å². The van der Waals surface area contributed by atoms with E-state index in [2.05, 4.69) is 37.9 Å². The maximum absolute atomic E-state index is 4.81. The molecular weight excluding hydrogens is 324 g/mol. The van der Waals surface area contributed by atoms with Crippen molar-refractivity contribution in [1.29, 1.82) is 0 Å². The molecule has 0 bridgehead atoms. The highest BCUT2D eigenvalue weighted by atomic mass is 15.3. The fourth-order valence-electron chi connectivity index (χ4n) is 3.49. The number of rotatable bonds is 3. The molecule has 2 aliphatic rings. The van der Waals surface area contributed by atoms with Gasteiger partial charge in [0.15, 0.2) is 5.65 Å². The number of pyridine rings is 1. The Balaban J connectivity index is 1.48. The van der Waals surface area contributed by atoms with Crippen molar-refractivity contribution in [1.82, 2.24) is 24.3 Å². The minimum absolute atomic E-state index is 0.381. The van der Waals surface area contributed by atoms with E-state index in [1.54, 1.807) is 4.68 Å². The molecule has 3 aromatic rings. The van der Waals surface area contributed by atoms with E-state index in [4.69, 9.17) is 4.98 Å². The van der Waals surface area contributed by atoms with E-state index < -0.39 is 0 Å². The minimum atomic E-state index is 0.381. The van der Waals surface area contributed by atoms with E-state index in [0.717, 1.165) is 41.2 Å². The fraction of sp³-hybridized carbons (Fsp3) is 0.200. The fourth-order valence-corrected chi connectivity index (χ4v) is 3.49. The van der Waals surface area contributed by atoms with Crippen LogP contribution in [0.3, 0.4) is 0 Å². The van der Waals surface area contributed by atoms with Crippen LogP contribution in [0.5, 0.6) is 0 Å². The van der Waals surface area contributed by atoms with Crippen LogP contribution in [-0.2, 0) is 13.6 Å². The van der Waals surface area contributed by atoms with Crippen molar-refractivity contribution in [2.75, 3.05) is 0 Å². The van der Waals surface area contributed by atoms with E-state index >= 15 is 0 Å². The number of imidazole rings is 1. The van der Waals surface area contributed by atoms with Gasteiger partial charge < -0.3 is 4.57 Å². The van der Waals surface area contributed by atoms with Gasteiger partial charge in [-0.25, -0.2) is 9.97 Å². The maximum Gasteiger partial charge on any atom is 0.160 e. The molecule has 0 N–H and O–H groups in total. The lowest BCUT2D eigenvalue weighted by Crippen LogP contribution is -2.11. The van der Waals surface area contributed by atoms with E-state index in [1.165, 1.54) is 5.57 Å². The van der Waals surface area contributed by atoms with Crippen LogP contribution in [0.25, 0.3) is 22.6 Å². The van der Waals surface area contributed by atoms with Gasteiger partial charge in [0.2, 0.25) is 0 Å². The van der Waals surface area contributed by atoms with Crippen molar-refractivity contribution in [3.63, 3.8) is 0 Å². The molecule has 0 fully saturated rings. The quantitative estimate of drug-likeness (QED) is 0.734. The molecular formula is C20H18N6. The average Bonchev–Trinajstić information content (AvgIpc) is 3.28. The largest absolute Gasteiger partial charge is 0.311 e. The van der Waals surface area contributed by atoms with Gasteiger partial charge in [-0.05, 0) is 42.3 Å². The summed E-state index contributed by atoms with van der Waals surface area (Å²) in [5, 5.41) is 4.45. The summed E-state index contributed by atoms with van der Waals surface area (Å²) in [6.07, 6.45) is 15.2. The molecule has 0 amide bonds. The Morgan fingerprint density at radius 3 is 3.00 bits per heavy atom. The first kappa shape index (κ1) is 15.0. The Morgan fingerprint density at radius 2 is 2.12 bits per heavy atom. The van der Waals surface area contributed by atoms with Gasteiger partial charge in [0.1, 0.15) is 11.2 Å². The molecule has 4 heterocycles. The first-order valence-corrected chi connectivity index (χ1v) is 8.69. The third-order valence-corrected chi connectivity index (χ3v) is 4.82. The van der Waals surface area contributed by atoms with Gasteiger partial charge in [-0.3, -0.25) is 9.67 Å². The number of fused-ring (bicyclic) bond motifs is 2. The van der Waals surface area contributed by atoms with Crippen LogP contribution in [0.4, 0.5) is 0 Å². The number of aliphatic imine (C=N–C) groups is 1. The Bertz CT molecular complexity index is 1110. The summed E-state index contributed by atoms with van der Waals surface area (Å²) in [6.45, 7) is 0.785. The molecule has 0 saturated carbocycles. The van der Waals surface area contributed by atoms with Crippen molar-refractivity contribution in [3.8, 4) is 11.4 Å². The van der Waals surface area contributed by atoms with Crippen LogP contribution in [0.15, 0.2) is 71.3 Å². The molecule has 26 heavy (non-hydrogen) atoms. The standard InChI is InChI=1S/C20H18N6/c1-25-10-8-18(24-25)17-6-7-19-20(23-17)26(13-22-19)12-14-4-5-16-15(11-14)3-2-9-21-16/h2-10,13,15H,11-12H2,1H3. The van der Waals surface area contributed by atoms with Crippen molar-refractivity contribution >= 4 is 17.4 Å². The molecule has 5 rings (SSSR count). The number of hydrogen-bond acceptors (Lipinski definition) is 4. The summed E-state index contributed by atoms with van der Waals surface area (Å²) in [7, 11) is 1.91. The summed E-state index contributed by atoms with van der Waals surface area (Å²) in [5.74, 6) is 0.381. The van der Waals surface area contributed by atoms with Gasteiger partial charge in [-0.1, -0.05) is 12.2 Å². The van der Waals surface area contributed by atoms with Gasteiger partial charge in [-0.2, -0.15) is 5.10 Å². The van der Waals surface area contributed by atoms with Gasteiger partial charge in [0.25, 0.3) is 0 Å². The van der Waals surface area contributed by atoms with Crippen LogP contribution in [0.2, 0.25) is 0 Å². The zero-order valence-corrected chi connectivity index (χ0v) is 14.4. The first-order chi connectivity index (χ1) is 12.8. The third kappa shape index (κ3) is 2.60. The number of hydrogen-bond donors (Lipinski definition) is 0. The number of dihydropyridines is 1. The zero-order chi connectivity index (χ0) is 17.5. The highest BCUT2D eigenvalue weighted by molar-refractivity contribution is 5.75. The molecule has 1 atom stereocenters. The van der Waals surface area contributed by atoms with E-state index in [9.17, 15) is 0 Å². The highest BCUT2D eigenvalue weighted by Crippen LogP contribution is 2.30. The second-order valence-electron chi connectivity index (χ2n) is 6.68. The zero-order valence-electron chi connectivity index (χ0n) is 14.4. The molecule has 3 aromatic heterocycles. The molecule has 6 nitrogen and oxygen atoms in total. The van der Waals surface area contributed by atoms with E-state index in [-0.39, 0.29) is 0 Å². The molecule has 6 heteroatoms. The Kier molecular flexibility index (Phi) is 3.41. The van der Waals surface area contributed by atoms with Gasteiger partial charge in [-0.15, -0.1) is 0 Å². The average molecular weight is 342 g/mol. The molecule has 1 unspecified atom stereocenters. The SMILES string of the molecule is Cn1ccc(-c2ccc3ncn(CC4=CC=C5N=CC=CC5C4)c3n2)n1. The Morgan fingerprint density at radius 1 is 1.15 bits per heavy atom. The number of allylic oxidation sites excluding steroid dienone is 5. The Hall–Kier alpha value is -3.28. The number of aryl methyl sites for hydroxylation is 1. The first-order valence-electron chi connectivity index (χ1n) is 8.69. The molecule has 128 valence electrons. The van der Waals surface area contributed by atoms with Crippen LogP contribution >= 0.6 is 0 Å². The van der Waals surface area contributed by atoms with Crippen molar-refractivity contribution in [3.05, 3.63) is 66.3 Å². The number of aromatic nitrogens is 5. The molecule has 0 aromatic carbocycles. The lowest BCUT2D eigenvalue weighted by molar-refractivity contribution is 0.662. The predicted octanol–water partition coefficient (Wildman–Crippen LogP) is 3.30. The van der Waals surface area contributed by atoms with E-state index in [1.807, 2.05) is 50.1 Å². The minimum Gasteiger partial charge on any atom is -0.311 e. The summed E-state index contributed by atoms with van der Waals surface area (Å²) in [6, 6.07) is 5.96. The van der Waals surface area contributed by atoms with Crippen LogP contribution in [0.1, 0.15) is 6.42 Å². The monoisotopic (exact) mass is 342 g/mol. The van der Waals surface area contributed by atoms with Gasteiger partial charge in [0.05, 0.1) is 12.0 Å². The van der Waals surface area contributed by atoms with Crippen LogP contribution in [0, 0.1) is 5.92 Å². The Labute approximate surface area is 150 Å². The second kappa shape index (κ2) is 5.91. The molecule has 1 aliphatic carbocycles. The molecule has 0 radical (unpaired) electrons. The summed E-state index contributed by atoms with van der Waals surface area (Å²) in [4.78, 5) is 13.8. The van der Waals surface area contributed by atoms with E-state index in [0.29, 0.717) is 5.92 Å². The normalized spacial score (nSPS) is 18.7. The third-order valence-electron chi connectivity index (χ3n) is 4.82. The molecule has 0 saturated heterocycles. The maximum atomic E-state index is 4.81. The summed E-state index contributed by atoms with van der Waals surface area (Å²) < 4.78 is 3.90. The molecule has 0 spiro atoms. The van der Waals surface area contributed by atoms with Crippen molar-refractivity contribution < 1.29 is 0 Å². The smallest absolute Gasteiger partial charge is 0.160 e. The summed E-state index contributed by atoms with van der Waals surface area (Å²) >= 11 is 0. The summed E-state index contributed by atoms with van der Waals surface area (Å²) in [5.41, 5.74) is 6.02. The lowest BCUT2D eigenvalue weighted by Gasteiger charge is -2.21. The van der Waals surface area contributed by atoms with Gasteiger partial charge in [0, 0.05) is 37.6 Å². The molecule has 1 aliphatic heterocycles. The predicted molar refractivity (Wildman–Crippen MR) is 102 cm³/mol. The highest BCUT2D eigenvalue weighted by Gasteiger charge is 2.19. The van der Waals surface area contributed by atoms with Crippen LogP contribution < -0.4 is 0 Å². The lowest BCUT2D eigenvalue weighted by atomic mass is 9.90. The van der Waals surface area contributed by atoms with Crippen LogP contribution in [-0.4, -0.2) is 30.5 Å². The van der Waals surface area contributed by atoms with Gasteiger partial charge >= 0.3 is 0 Å². The van der Waals surface area contributed by atoms with Crippen molar-refractivity contribution in [2.24, 2.45) is 18.0 Å². The topological polar surface area (TPSA) is 60.9 Å².